The van der Waals surface area contributed by atoms with Gasteiger partial charge in [0.05, 0.1) is 5.33 Å². The number of aliphatic hydroxyl groups excluding tert-OH is 1. The maximum atomic E-state index is 10.9. The highest BCUT2D eigenvalue weighted by Crippen LogP contribution is 2.24. The van der Waals surface area contributed by atoms with E-state index in [-0.39, 0.29) is 11.7 Å². The molecule has 1 unspecified atom stereocenters. The minimum Gasteiger partial charge on any atom is -0.511 e. The molecule has 0 saturated carbocycles. The van der Waals surface area contributed by atoms with Crippen molar-refractivity contribution in [3.63, 3.8) is 0 Å². The molecule has 1 N–H and O–H groups in total. The molecule has 0 saturated heterocycles. The molecule has 0 aromatic rings. The van der Waals surface area contributed by atoms with Crippen LogP contribution in [0.2, 0.25) is 0 Å². The number of alkyl halides is 1. The van der Waals surface area contributed by atoms with E-state index in [4.69, 9.17) is 0 Å². The Morgan fingerprint density at radius 1 is 1.75 bits per heavy atom. The van der Waals surface area contributed by atoms with Crippen molar-refractivity contribution in [1.82, 2.24) is 0 Å². The minimum absolute atomic E-state index is 0.133. The van der Waals surface area contributed by atoms with Gasteiger partial charge in [-0.25, -0.2) is 0 Å². The lowest BCUT2D eigenvalue weighted by atomic mass is 9.89. The van der Waals surface area contributed by atoms with E-state index in [1.807, 2.05) is 6.92 Å². The quantitative estimate of drug-likeness (QED) is 0.555. The number of halogens is 1. The van der Waals surface area contributed by atoms with Crippen LogP contribution in [0.25, 0.3) is 0 Å². The van der Waals surface area contributed by atoms with Crippen LogP contribution in [0.5, 0.6) is 0 Å². The van der Waals surface area contributed by atoms with Gasteiger partial charge in [-0.3, -0.25) is 4.79 Å². The predicted octanol–water partition coefficient (Wildman–Crippen LogP) is 2.36. The third-order valence-corrected chi connectivity index (χ3v) is 2.48. The van der Waals surface area contributed by atoms with Gasteiger partial charge in [0.15, 0.2) is 5.78 Å². The van der Waals surface area contributed by atoms with Crippen LogP contribution in [0.4, 0.5) is 0 Å². The fourth-order valence-corrected chi connectivity index (χ4v) is 1.61. The van der Waals surface area contributed by atoms with Gasteiger partial charge in [-0.05, 0) is 17.6 Å². The Bertz CT molecular complexity index is 253. The molecular formula is C9H11BrO2. The fourth-order valence-electron chi connectivity index (χ4n) is 1.28. The maximum absolute atomic E-state index is 10.9. The lowest BCUT2D eigenvalue weighted by molar-refractivity contribution is -0.115. The lowest BCUT2D eigenvalue weighted by Crippen LogP contribution is -2.12. The Kier molecular flexibility index (Phi) is 3.09. The molecule has 1 rings (SSSR count). The molecule has 66 valence electrons. The smallest absolute Gasteiger partial charge is 0.156 e. The van der Waals surface area contributed by atoms with Crippen LogP contribution in [0.15, 0.2) is 23.5 Å². The molecule has 0 spiro atoms. The summed E-state index contributed by atoms with van der Waals surface area (Å²) in [6, 6.07) is 0. The van der Waals surface area contributed by atoms with Crippen molar-refractivity contribution in [3.05, 3.63) is 23.5 Å². The molecule has 3 heteroatoms. The molecule has 0 aromatic heterocycles. The van der Waals surface area contributed by atoms with E-state index >= 15 is 0 Å². The van der Waals surface area contributed by atoms with E-state index < -0.39 is 0 Å². The van der Waals surface area contributed by atoms with Crippen LogP contribution in [-0.2, 0) is 4.79 Å². The number of ketones is 1. The number of hydrogen-bond donors (Lipinski definition) is 1. The maximum Gasteiger partial charge on any atom is 0.156 e. The van der Waals surface area contributed by atoms with Gasteiger partial charge in [-0.1, -0.05) is 28.9 Å². The van der Waals surface area contributed by atoms with E-state index in [1.54, 1.807) is 6.08 Å². The molecular weight excluding hydrogens is 220 g/mol. The SMILES string of the molecule is CC1CC(=O)C=C/C1=C(\O)CBr. The van der Waals surface area contributed by atoms with Crippen molar-refractivity contribution in [2.24, 2.45) is 5.92 Å². The van der Waals surface area contributed by atoms with E-state index in [9.17, 15) is 9.90 Å². The largest absolute Gasteiger partial charge is 0.511 e. The number of hydrogen-bond acceptors (Lipinski definition) is 2. The molecule has 0 heterocycles. The fraction of sp³-hybridized carbons (Fsp3) is 0.444. The molecule has 1 atom stereocenters. The number of allylic oxidation sites excluding steroid dienone is 4. The summed E-state index contributed by atoms with van der Waals surface area (Å²) in [6.45, 7) is 1.94. The second kappa shape index (κ2) is 3.90. The van der Waals surface area contributed by atoms with E-state index in [2.05, 4.69) is 15.9 Å². The normalized spacial score (nSPS) is 27.5. The number of rotatable bonds is 1. The first-order valence-electron chi connectivity index (χ1n) is 3.84. The summed E-state index contributed by atoms with van der Waals surface area (Å²) in [5.41, 5.74) is 0.867. The molecule has 0 aromatic carbocycles. The summed E-state index contributed by atoms with van der Waals surface area (Å²) in [4.78, 5) is 10.9. The van der Waals surface area contributed by atoms with E-state index in [1.165, 1.54) is 6.08 Å². The van der Waals surface area contributed by atoms with Crippen molar-refractivity contribution in [2.45, 2.75) is 13.3 Å². The molecule has 12 heavy (non-hydrogen) atoms. The topological polar surface area (TPSA) is 37.3 Å². The van der Waals surface area contributed by atoms with Crippen LogP contribution >= 0.6 is 15.9 Å². The first kappa shape index (κ1) is 9.52. The first-order valence-corrected chi connectivity index (χ1v) is 4.96. The van der Waals surface area contributed by atoms with Crippen molar-refractivity contribution in [2.75, 3.05) is 5.33 Å². The van der Waals surface area contributed by atoms with Crippen molar-refractivity contribution < 1.29 is 9.90 Å². The summed E-state index contributed by atoms with van der Waals surface area (Å²) in [5, 5.41) is 9.86. The molecule has 1 aliphatic carbocycles. The predicted molar refractivity (Wildman–Crippen MR) is 51.4 cm³/mol. The van der Waals surface area contributed by atoms with Gasteiger partial charge in [0.2, 0.25) is 0 Å². The second-order valence-corrected chi connectivity index (χ2v) is 3.50. The Hall–Kier alpha value is -0.570. The Labute approximate surface area is 80.1 Å². The molecule has 0 fully saturated rings. The van der Waals surface area contributed by atoms with Crippen LogP contribution in [0, 0.1) is 5.92 Å². The highest BCUT2D eigenvalue weighted by atomic mass is 79.9. The van der Waals surface area contributed by atoms with Gasteiger partial charge in [0.1, 0.15) is 5.76 Å². The molecule has 0 amide bonds. The number of aliphatic hydroxyl groups is 1. The zero-order chi connectivity index (χ0) is 9.14. The summed E-state index contributed by atoms with van der Waals surface area (Å²) in [6.07, 6.45) is 3.73. The average molecular weight is 231 g/mol. The number of carbonyl (C=O) groups is 1. The molecule has 0 bridgehead atoms. The van der Waals surface area contributed by atoms with Gasteiger partial charge >= 0.3 is 0 Å². The third kappa shape index (κ3) is 1.97. The highest BCUT2D eigenvalue weighted by molar-refractivity contribution is 9.09. The zero-order valence-corrected chi connectivity index (χ0v) is 8.47. The Morgan fingerprint density at radius 2 is 2.42 bits per heavy atom. The third-order valence-electron chi connectivity index (χ3n) is 1.95. The Balaban J connectivity index is 2.93. The standard InChI is InChI=1S/C9H11BrO2/c1-6-4-7(11)2-3-8(6)9(12)5-10/h2-3,6,12H,4-5H2,1H3/b9-8+. The van der Waals surface area contributed by atoms with Crippen molar-refractivity contribution in [1.29, 1.82) is 0 Å². The second-order valence-electron chi connectivity index (χ2n) is 2.94. The van der Waals surface area contributed by atoms with Gasteiger partial charge in [-0.15, -0.1) is 0 Å². The van der Waals surface area contributed by atoms with E-state index in [0.717, 1.165) is 5.57 Å². The van der Waals surface area contributed by atoms with Gasteiger partial charge in [-0.2, -0.15) is 0 Å². The zero-order valence-electron chi connectivity index (χ0n) is 6.88. The summed E-state index contributed by atoms with van der Waals surface area (Å²) >= 11 is 3.17. The van der Waals surface area contributed by atoms with Gasteiger partial charge in [0, 0.05) is 6.42 Å². The highest BCUT2D eigenvalue weighted by Gasteiger charge is 2.18. The lowest BCUT2D eigenvalue weighted by Gasteiger charge is -2.16. The van der Waals surface area contributed by atoms with Crippen LogP contribution in [0.3, 0.4) is 0 Å². The van der Waals surface area contributed by atoms with Crippen molar-refractivity contribution >= 4 is 21.7 Å². The average Bonchev–Trinajstić information content (AvgIpc) is 2.03. The van der Waals surface area contributed by atoms with Crippen molar-refractivity contribution in [3.8, 4) is 0 Å². The monoisotopic (exact) mass is 230 g/mol. The van der Waals surface area contributed by atoms with Gasteiger partial charge in [0.25, 0.3) is 0 Å². The summed E-state index contributed by atoms with van der Waals surface area (Å²) in [7, 11) is 0. The van der Waals surface area contributed by atoms with E-state index in [0.29, 0.717) is 17.5 Å². The molecule has 1 aliphatic rings. The number of carbonyl (C=O) groups excluding carboxylic acids is 1. The van der Waals surface area contributed by atoms with Crippen LogP contribution in [-0.4, -0.2) is 16.2 Å². The van der Waals surface area contributed by atoms with Gasteiger partial charge < -0.3 is 5.11 Å². The first-order chi connectivity index (χ1) is 5.65. The van der Waals surface area contributed by atoms with Crippen LogP contribution < -0.4 is 0 Å². The molecule has 2 nitrogen and oxygen atoms in total. The minimum atomic E-state index is 0.133. The molecule has 0 aliphatic heterocycles. The summed E-state index contributed by atoms with van der Waals surface area (Å²) < 4.78 is 0. The Morgan fingerprint density at radius 3 is 2.92 bits per heavy atom. The molecule has 0 radical (unpaired) electrons. The summed E-state index contributed by atoms with van der Waals surface area (Å²) in [5.74, 6) is 0.597. The van der Waals surface area contributed by atoms with Crippen LogP contribution in [0.1, 0.15) is 13.3 Å².